The van der Waals surface area contributed by atoms with Gasteiger partial charge in [0.25, 0.3) is 5.91 Å². The van der Waals surface area contributed by atoms with Crippen LogP contribution in [0.15, 0.2) is 60.3 Å². The third kappa shape index (κ3) is 3.87. The summed E-state index contributed by atoms with van der Waals surface area (Å²) in [5.74, 6) is 0.978. The average molecular weight is 433 g/mol. The first-order valence-electron chi connectivity index (χ1n) is 9.37. The minimum atomic E-state index is -0.200. The van der Waals surface area contributed by atoms with E-state index in [0.717, 1.165) is 23.4 Å². The van der Waals surface area contributed by atoms with Gasteiger partial charge < -0.3 is 0 Å². The maximum absolute atomic E-state index is 13.6. The van der Waals surface area contributed by atoms with Crippen molar-refractivity contribution in [1.29, 1.82) is 0 Å². The van der Waals surface area contributed by atoms with Crippen molar-refractivity contribution in [2.75, 3.05) is 4.90 Å². The van der Waals surface area contributed by atoms with Gasteiger partial charge in [0.15, 0.2) is 0 Å². The van der Waals surface area contributed by atoms with E-state index in [2.05, 4.69) is 12.2 Å². The van der Waals surface area contributed by atoms with Crippen LogP contribution in [-0.2, 0) is 0 Å². The second kappa shape index (κ2) is 7.94. The molecule has 0 heterocycles. The van der Waals surface area contributed by atoms with Crippen LogP contribution in [0, 0.1) is 18.8 Å². The van der Waals surface area contributed by atoms with Crippen LogP contribution in [0.5, 0.6) is 0 Å². The van der Waals surface area contributed by atoms with Gasteiger partial charge in [-0.3, -0.25) is 9.69 Å². The molecule has 0 spiro atoms. The van der Waals surface area contributed by atoms with Crippen LogP contribution in [-0.4, -0.2) is 5.91 Å². The smallest absolute Gasteiger partial charge is 0.264 e. The Kier molecular flexibility index (Phi) is 5.55. The predicted octanol–water partition coefficient (Wildman–Crippen LogP) is 7.47. The first-order chi connectivity index (χ1) is 13.5. The molecule has 0 N–H and O–H groups in total. The van der Waals surface area contributed by atoms with Crippen LogP contribution in [0.2, 0.25) is 15.1 Å². The zero-order chi connectivity index (χ0) is 19.8. The molecule has 2 aliphatic carbocycles. The van der Waals surface area contributed by atoms with Gasteiger partial charge in [0.05, 0.1) is 16.3 Å². The number of nitrogens with zero attached hydrogens (tertiary/aromatic N) is 1. The van der Waals surface area contributed by atoms with Gasteiger partial charge in [-0.25, -0.2) is 0 Å². The van der Waals surface area contributed by atoms with E-state index in [0.29, 0.717) is 32.5 Å². The van der Waals surface area contributed by atoms with Gasteiger partial charge in [-0.15, -0.1) is 0 Å². The fourth-order valence-corrected chi connectivity index (χ4v) is 4.26. The highest BCUT2D eigenvalue weighted by Gasteiger charge is 2.34. The minimum absolute atomic E-state index is 0.200. The van der Waals surface area contributed by atoms with Crippen molar-refractivity contribution in [3.8, 4) is 0 Å². The van der Waals surface area contributed by atoms with Crippen molar-refractivity contribution >= 4 is 46.4 Å². The first-order valence-corrected chi connectivity index (χ1v) is 10.5. The van der Waals surface area contributed by atoms with Crippen LogP contribution in [0.25, 0.3) is 0 Å². The van der Waals surface area contributed by atoms with Crippen LogP contribution >= 0.6 is 34.8 Å². The quantitative estimate of drug-likeness (QED) is 0.490. The zero-order valence-electron chi connectivity index (χ0n) is 15.5. The fraction of sp³-hybridized carbons (Fsp3) is 0.261. The molecule has 2 aliphatic rings. The Balaban J connectivity index is 1.80. The molecule has 1 fully saturated rings. The highest BCUT2D eigenvalue weighted by atomic mass is 35.5. The molecular formula is C23H20Cl3NO. The molecule has 1 saturated carbocycles. The van der Waals surface area contributed by atoms with Crippen molar-refractivity contribution in [1.82, 2.24) is 0 Å². The highest BCUT2D eigenvalue weighted by molar-refractivity contribution is 6.36. The molecule has 0 saturated heterocycles. The second-order valence-electron chi connectivity index (χ2n) is 7.40. The van der Waals surface area contributed by atoms with E-state index in [9.17, 15) is 4.79 Å². The number of hydrogen-bond donors (Lipinski definition) is 0. The molecule has 1 amide bonds. The summed E-state index contributed by atoms with van der Waals surface area (Å²) in [7, 11) is 0. The normalized spacial score (nSPS) is 18.7. The molecule has 2 aromatic carbocycles. The van der Waals surface area contributed by atoms with Crippen molar-refractivity contribution in [2.24, 2.45) is 11.8 Å². The maximum atomic E-state index is 13.6. The van der Waals surface area contributed by atoms with Crippen molar-refractivity contribution in [3.63, 3.8) is 0 Å². The Hall–Kier alpha value is -1.74. The molecule has 5 heteroatoms. The zero-order valence-corrected chi connectivity index (χ0v) is 17.7. The lowest BCUT2D eigenvalue weighted by molar-refractivity contribution is 0.0993. The largest absolute Gasteiger partial charge is 0.280 e. The third-order valence-electron chi connectivity index (χ3n) is 5.45. The number of halogens is 3. The molecule has 0 aliphatic heterocycles. The summed E-state index contributed by atoms with van der Waals surface area (Å²) in [4.78, 5) is 15.4. The minimum Gasteiger partial charge on any atom is -0.280 e. The predicted molar refractivity (Wildman–Crippen MR) is 118 cm³/mol. The summed E-state index contributed by atoms with van der Waals surface area (Å²) in [5, 5.41) is 1.48. The van der Waals surface area contributed by atoms with E-state index in [4.69, 9.17) is 34.8 Å². The van der Waals surface area contributed by atoms with E-state index in [1.807, 2.05) is 31.2 Å². The number of rotatable bonds is 4. The Morgan fingerprint density at radius 3 is 2.61 bits per heavy atom. The highest BCUT2D eigenvalue weighted by Crippen LogP contribution is 2.43. The molecule has 2 aromatic rings. The number of benzene rings is 2. The molecule has 0 radical (unpaired) electrons. The number of carbonyl (C=O) groups is 1. The van der Waals surface area contributed by atoms with Crippen molar-refractivity contribution < 1.29 is 4.79 Å². The monoisotopic (exact) mass is 431 g/mol. The molecule has 4 rings (SSSR count). The Morgan fingerprint density at radius 2 is 1.86 bits per heavy atom. The van der Waals surface area contributed by atoms with Gasteiger partial charge in [-0.05, 0) is 80.0 Å². The topological polar surface area (TPSA) is 20.3 Å². The van der Waals surface area contributed by atoms with E-state index >= 15 is 0 Å². The number of hydrogen-bond acceptors (Lipinski definition) is 1. The van der Waals surface area contributed by atoms with Gasteiger partial charge in [0.1, 0.15) is 0 Å². The van der Waals surface area contributed by atoms with Crippen molar-refractivity contribution in [2.45, 2.75) is 26.2 Å². The molecule has 2 nitrogen and oxygen atoms in total. The van der Waals surface area contributed by atoms with E-state index in [1.165, 1.54) is 12.8 Å². The van der Waals surface area contributed by atoms with Crippen LogP contribution < -0.4 is 4.90 Å². The molecule has 0 bridgehead atoms. The van der Waals surface area contributed by atoms with E-state index in [-0.39, 0.29) is 5.91 Å². The lowest BCUT2D eigenvalue weighted by Crippen LogP contribution is -2.33. The van der Waals surface area contributed by atoms with Crippen LogP contribution in [0.3, 0.4) is 0 Å². The fourth-order valence-electron chi connectivity index (χ4n) is 3.72. The number of amides is 1. The summed E-state index contributed by atoms with van der Waals surface area (Å²) in [6.07, 6.45) is 9.65. The molecule has 144 valence electrons. The summed E-state index contributed by atoms with van der Waals surface area (Å²) in [6.45, 7) is 1.93. The maximum Gasteiger partial charge on any atom is 0.264 e. The molecule has 28 heavy (non-hydrogen) atoms. The van der Waals surface area contributed by atoms with Crippen LogP contribution in [0.4, 0.5) is 5.69 Å². The van der Waals surface area contributed by atoms with Gasteiger partial charge >= 0.3 is 0 Å². The Morgan fingerprint density at radius 1 is 1.07 bits per heavy atom. The van der Waals surface area contributed by atoms with E-state index in [1.54, 1.807) is 23.1 Å². The Bertz CT molecular complexity index is 991. The lowest BCUT2D eigenvalue weighted by Gasteiger charge is -2.31. The first kappa shape index (κ1) is 19.6. The van der Waals surface area contributed by atoms with Gasteiger partial charge in [-0.1, -0.05) is 53.0 Å². The second-order valence-corrected chi connectivity index (χ2v) is 8.65. The molecular weight excluding hydrogens is 413 g/mol. The molecule has 0 aromatic heterocycles. The van der Waals surface area contributed by atoms with Crippen molar-refractivity contribution in [3.05, 3.63) is 86.5 Å². The Labute approximate surface area is 180 Å². The number of anilines is 1. The standard InChI is InChI=1S/C23H20Cl3NO/c1-14-20(25)6-3-7-22(14)27(18-5-2-4-16(12-18)15-8-9-15)23(28)19-13-17(24)10-11-21(19)26/h2-7,10-11,13,15-16H,8-9,12H2,1H3. The summed E-state index contributed by atoms with van der Waals surface area (Å²) in [6, 6.07) is 10.6. The van der Waals surface area contributed by atoms with E-state index < -0.39 is 0 Å². The molecule has 1 atom stereocenters. The summed E-state index contributed by atoms with van der Waals surface area (Å²) < 4.78 is 0. The lowest BCUT2D eigenvalue weighted by atomic mass is 9.92. The summed E-state index contributed by atoms with van der Waals surface area (Å²) >= 11 is 18.9. The van der Waals surface area contributed by atoms with Gasteiger partial charge in [0.2, 0.25) is 0 Å². The third-order valence-corrected chi connectivity index (χ3v) is 6.42. The summed E-state index contributed by atoms with van der Waals surface area (Å²) in [5.41, 5.74) is 2.96. The number of carbonyl (C=O) groups excluding carboxylic acids is 1. The van der Waals surface area contributed by atoms with Gasteiger partial charge in [-0.2, -0.15) is 0 Å². The van der Waals surface area contributed by atoms with Gasteiger partial charge in [0, 0.05) is 15.7 Å². The average Bonchev–Trinajstić information content (AvgIpc) is 3.53. The number of allylic oxidation sites excluding steroid dienone is 4. The van der Waals surface area contributed by atoms with Crippen LogP contribution in [0.1, 0.15) is 35.2 Å². The SMILES string of the molecule is Cc1c(Cl)cccc1N(C(=O)c1cc(Cl)ccc1Cl)C1=CC=CC(C2CC2)C1. The molecule has 1 unspecified atom stereocenters.